The van der Waals surface area contributed by atoms with Gasteiger partial charge in [0.2, 0.25) is 0 Å². The number of halogens is 1. The predicted octanol–water partition coefficient (Wildman–Crippen LogP) is 3.90. The van der Waals surface area contributed by atoms with Crippen molar-refractivity contribution >= 4 is 39.6 Å². The van der Waals surface area contributed by atoms with Crippen LogP contribution in [-0.4, -0.2) is 18.0 Å². The van der Waals surface area contributed by atoms with Crippen molar-refractivity contribution in [3.63, 3.8) is 0 Å². The maximum Gasteiger partial charge on any atom is 0.331 e. The van der Waals surface area contributed by atoms with Crippen LogP contribution in [0.5, 0.6) is 0 Å². The van der Waals surface area contributed by atoms with E-state index in [9.17, 15) is 9.59 Å². The molecular weight excluding hydrogens is 384 g/mol. The molecule has 0 aliphatic heterocycles. The Morgan fingerprint density at radius 2 is 1.96 bits per heavy atom. The van der Waals surface area contributed by atoms with E-state index in [1.54, 1.807) is 30.3 Å². The Bertz CT molecular complexity index is 838. The minimum atomic E-state index is -0.949. The number of amides is 1. The number of nitrogens with one attached hydrogen (secondary N) is 1. The number of hydrogen-bond acceptors (Lipinski definition) is 4. The summed E-state index contributed by atoms with van der Waals surface area (Å²) in [5.74, 6) is -1.06. The summed E-state index contributed by atoms with van der Waals surface area (Å²) >= 11 is 3.35. The number of rotatable bonds is 5. The van der Waals surface area contributed by atoms with Gasteiger partial charge in [0.25, 0.3) is 5.91 Å². The third-order valence-electron chi connectivity index (χ3n) is 3.20. The molecule has 0 saturated carbocycles. The molecule has 0 radical (unpaired) electrons. The molecule has 0 bridgehead atoms. The maximum atomic E-state index is 12.0. The lowest BCUT2D eigenvalue weighted by molar-refractivity contribution is -0.148. The van der Waals surface area contributed by atoms with E-state index in [1.807, 2.05) is 30.3 Å². The van der Waals surface area contributed by atoms with Gasteiger partial charge in [0.05, 0.1) is 11.6 Å². The van der Waals surface area contributed by atoms with Crippen LogP contribution in [0, 0.1) is 11.3 Å². The molecule has 0 fully saturated rings. The van der Waals surface area contributed by atoms with Gasteiger partial charge in [-0.05, 0) is 55.0 Å². The highest BCUT2D eigenvalue weighted by Crippen LogP contribution is 2.13. The van der Waals surface area contributed by atoms with E-state index < -0.39 is 18.0 Å². The first-order chi connectivity index (χ1) is 12.0. The molecule has 126 valence electrons. The lowest BCUT2D eigenvalue weighted by Gasteiger charge is -2.12. The lowest BCUT2D eigenvalue weighted by atomic mass is 10.2. The zero-order chi connectivity index (χ0) is 18.2. The van der Waals surface area contributed by atoms with Crippen LogP contribution >= 0.6 is 15.9 Å². The Labute approximate surface area is 154 Å². The van der Waals surface area contributed by atoms with Gasteiger partial charge in [-0.3, -0.25) is 4.79 Å². The smallest absolute Gasteiger partial charge is 0.331 e. The lowest BCUT2D eigenvalue weighted by Crippen LogP contribution is -2.29. The van der Waals surface area contributed by atoms with Crippen LogP contribution in [0.1, 0.15) is 18.1 Å². The number of nitrogens with zero attached hydrogens (tertiary/aromatic N) is 1. The molecule has 0 spiro atoms. The summed E-state index contributed by atoms with van der Waals surface area (Å²) in [6, 6.07) is 15.8. The fraction of sp³-hybridized carbons (Fsp3) is 0.105. The number of ether oxygens (including phenoxy) is 1. The Hall–Kier alpha value is -2.91. The molecular formula is C19H15BrN2O3. The van der Waals surface area contributed by atoms with Crippen LogP contribution in [0.4, 0.5) is 5.69 Å². The summed E-state index contributed by atoms with van der Waals surface area (Å²) < 4.78 is 5.98. The summed E-state index contributed by atoms with van der Waals surface area (Å²) in [6.45, 7) is 1.49. The summed E-state index contributed by atoms with van der Waals surface area (Å²) in [5.41, 5.74) is 1.85. The van der Waals surface area contributed by atoms with Crippen LogP contribution in [0.2, 0.25) is 0 Å². The highest BCUT2D eigenvalue weighted by molar-refractivity contribution is 9.10. The molecule has 1 atom stereocenters. The summed E-state index contributed by atoms with van der Waals surface area (Å²) in [7, 11) is 0. The SMILES string of the molecule is C[C@H](OC(=O)/C=C/c1cccc(Br)c1)C(=O)Nc1ccc(C#N)cc1. The van der Waals surface area contributed by atoms with Crippen molar-refractivity contribution < 1.29 is 14.3 Å². The fourth-order valence-corrected chi connectivity index (χ4v) is 2.33. The van der Waals surface area contributed by atoms with E-state index in [-0.39, 0.29) is 0 Å². The number of carbonyl (C=O) groups is 2. The Morgan fingerprint density at radius 3 is 2.60 bits per heavy atom. The normalized spacial score (nSPS) is 11.6. The number of carbonyl (C=O) groups excluding carboxylic acids is 2. The van der Waals surface area contributed by atoms with Gasteiger partial charge in [0, 0.05) is 16.2 Å². The second kappa shape index (κ2) is 8.81. The van der Waals surface area contributed by atoms with Gasteiger partial charge in [-0.25, -0.2) is 4.79 Å². The van der Waals surface area contributed by atoms with Gasteiger partial charge in [0.1, 0.15) is 0 Å². The molecule has 2 aromatic rings. The molecule has 0 heterocycles. The Kier molecular flexibility index (Phi) is 6.49. The van der Waals surface area contributed by atoms with E-state index in [1.165, 1.54) is 13.0 Å². The number of anilines is 1. The van der Waals surface area contributed by atoms with Crippen LogP contribution in [0.3, 0.4) is 0 Å². The highest BCUT2D eigenvalue weighted by atomic mass is 79.9. The minimum Gasteiger partial charge on any atom is -0.449 e. The first kappa shape index (κ1) is 18.4. The van der Waals surface area contributed by atoms with Gasteiger partial charge in [-0.1, -0.05) is 28.1 Å². The van der Waals surface area contributed by atoms with Crippen molar-refractivity contribution in [2.24, 2.45) is 0 Å². The van der Waals surface area contributed by atoms with Gasteiger partial charge in [-0.15, -0.1) is 0 Å². The van der Waals surface area contributed by atoms with Gasteiger partial charge in [0.15, 0.2) is 6.10 Å². The van der Waals surface area contributed by atoms with E-state index in [0.717, 1.165) is 10.0 Å². The number of esters is 1. The standard InChI is InChI=1S/C19H15BrN2O3/c1-13(19(24)22-17-8-5-15(12-21)6-9-17)25-18(23)10-7-14-3-2-4-16(20)11-14/h2-11,13H,1H3,(H,22,24)/b10-7+/t13-/m0/s1. The fourth-order valence-electron chi connectivity index (χ4n) is 1.91. The molecule has 0 aromatic heterocycles. The van der Waals surface area contributed by atoms with Gasteiger partial charge >= 0.3 is 5.97 Å². The molecule has 1 N–H and O–H groups in total. The molecule has 25 heavy (non-hydrogen) atoms. The van der Waals surface area contributed by atoms with E-state index >= 15 is 0 Å². The van der Waals surface area contributed by atoms with Crippen molar-refractivity contribution in [3.8, 4) is 6.07 Å². The average molecular weight is 399 g/mol. The van der Waals surface area contributed by atoms with Crippen molar-refractivity contribution in [2.45, 2.75) is 13.0 Å². The third-order valence-corrected chi connectivity index (χ3v) is 3.70. The highest BCUT2D eigenvalue weighted by Gasteiger charge is 2.16. The topological polar surface area (TPSA) is 79.2 Å². The molecule has 0 aliphatic rings. The second-order valence-electron chi connectivity index (χ2n) is 5.15. The average Bonchev–Trinajstić information content (AvgIpc) is 2.60. The Morgan fingerprint density at radius 1 is 1.24 bits per heavy atom. The molecule has 6 heteroatoms. The zero-order valence-electron chi connectivity index (χ0n) is 13.4. The quantitative estimate of drug-likeness (QED) is 0.611. The predicted molar refractivity (Wildman–Crippen MR) is 98.5 cm³/mol. The van der Waals surface area contributed by atoms with Crippen LogP contribution in [-0.2, 0) is 14.3 Å². The number of benzene rings is 2. The molecule has 2 aromatic carbocycles. The Balaban J connectivity index is 1.89. The van der Waals surface area contributed by atoms with Gasteiger partial charge in [-0.2, -0.15) is 5.26 Å². The molecule has 2 rings (SSSR count). The van der Waals surface area contributed by atoms with Crippen molar-refractivity contribution in [3.05, 3.63) is 70.2 Å². The third kappa shape index (κ3) is 5.90. The van der Waals surface area contributed by atoms with Gasteiger partial charge < -0.3 is 10.1 Å². The second-order valence-corrected chi connectivity index (χ2v) is 6.06. The largest absolute Gasteiger partial charge is 0.449 e. The number of hydrogen-bond donors (Lipinski definition) is 1. The molecule has 5 nitrogen and oxygen atoms in total. The van der Waals surface area contributed by atoms with E-state index in [0.29, 0.717) is 11.3 Å². The van der Waals surface area contributed by atoms with Crippen LogP contribution < -0.4 is 5.32 Å². The van der Waals surface area contributed by atoms with Crippen molar-refractivity contribution in [1.82, 2.24) is 0 Å². The van der Waals surface area contributed by atoms with Crippen LogP contribution in [0.25, 0.3) is 6.08 Å². The maximum absolute atomic E-state index is 12.0. The first-order valence-electron chi connectivity index (χ1n) is 7.43. The summed E-state index contributed by atoms with van der Waals surface area (Å²) in [6.07, 6.45) is 1.93. The molecule has 0 aliphatic carbocycles. The summed E-state index contributed by atoms with van der Waals surface area (Å²) in [4.78, 5) is 23.9. The molecule has 1 amide bonds. The molecule has 0 unspecified atom stereocenters. The minimum absolute atomic E-state index is 0.450. The van der Waals surface area contributed by atoms with E-state index in [2.05, 4.69) is 21.2 Å². The van der Waals surface area contributed by atoms with Crippen molar-refractivity contribution in [2.75, 3.05) is 5.32 Å². The van der Waals surface area contributed by atoms with E-state index in [4.69, 9.17) is 10.00 Å². The zero-order valence-corrected chi connectivity index (χ0v) is 15.0. The molecule has 0 saturated heterocycles. The van der Waals surface area contributed by atoms with Crippen LogP contribution in [0.15, 0.2) is 59.1 Å². The first-order valence-corrected chi connectivity index (χ1v) is 8.22. The number of nitriles is 1. The monoisotopic (exact) mass is 398 g/mol. The van der Waals surface area contributed by atoms with Crippen molar-refractivity contribution in [1.29, 1.82) is 5.26 Å². The summed E-state index contributed by atoms with van der Waals surface area (Å²) in [5, 5.41) is 11.4.